The predicted octanol–water partition coefficient (Wildman–Crippen LogP) is 3.54. The van der Waals surface area contributed by atoms with Gasteiger partial charge in [0.15, 0.2) is 0 Å². The van der Waals surface area contributed by atoms with Crippen LogP contribution in [-0.2, 0) is 0 Å². The van der Waals surface area contributed by atoms with E-state index in [0.717, 1.165) is 23.4 Å². The number of aromatic nitrogens is 1. The topological polar surface area (TPSA) is 24.9 Å². The zero-order valence-electron chi connectivity index (χ0n) is 11.6. The fraction of sp³-hybridized carbons (Fsp3) is 0.312. The van der Waals surface area contributed by atoms with Gasteiger partial charge in [0.1, 0.15) is 5.82 Å². The molecule has 2 nitrogen and oxygen atoms in total. The van der Waals surface area contributed by atoms with Gasteiger partial charge in [0.05, 0.1) is 6.04 Å². The van der Waals surface area contributed by atoms with Gasteiger partial charge in [0.2, 0.25) is 0 Å². The Balaban J connectivity index is 2.41. The van der Waals surface area contributed by atoms with E-state index in [0.29, 0.717) is 5.56 Å². The SMILES string of the molecule is CCNC(c1ccc(C)nc1)c1ccc(C)cc1F. The van der Waals surface area contributed by atoms with Gasteiger partial charge >= 0.3 is 0 Å². The largest absolute Gasteiger partial charge is 0.306 e. The van der Waals surface area contributed by atoms with Crippen LogP contribution in [0.5, 0.6) is 0 Å². The Morgan fingerprint density at radius 2 is 2.00 bits per heavy atom. The third-order valence-electron chi connectivity index (χ3n) is 3.14. The molecule has 1 unspecified atom stereocenters. The van der Waals surface area contributed by atoms with Gasteiger partial charge in [-0.3, -0.25) is 4.98 Å². The number of hydrogen-bond acceptors (Lipinski definition) is 2. The lowest BCUT2D eigenvalue weighted by molar-refractivity contribution is 0.557. The van der Waals surface area contributed by atoms with Crippen LogP contribution in [0.15, 0.2) is 36.5 Å². The first kappa shape index (κ1) is 13.7. The lowest BCUT2D eigenvalue weighted by atomic mass is 9.98. The predicted molar refractivity (Wildman–Crippen MR) is 75.6 cm³/mol. The molecule has 0 spiro atoms. The second-order valence-electron chi connectivity index (χ2n) is 4.75. The van der Waals surface area contributed by atoms with E-state index in [1.165, 1.54) is 0 Å². The van der Waals surface area contributed by atoms with E-state index < -0.39 is 0 Å². The molecule has 0 aliphatic heterocycles. The summed E-state index contributed by atoms with van der Waals surface area (Å²) in [5.41, 5.74) is 3.54. The summed E-state index contributed by atoms with van der Waals surface area (Å²) in [6, 6.07) is 9.14. The van der Waals surface area contributed by atoms with Crippen LogP contribution in [0.25, 0.3) is 0 Å². The number of nitrogens with zero attached hydrogens (tertiary/aromatic N) is 1. The molecule has 1 aromatic heterocycles. The molecule has 0 saturated carbocycles. The number of benzene rings is 1. The smallest absolute Gasteiger partial charge is 0.128 e. The second kappa shape index (κ2) is 5.93. The number of nitrogens with one attached hydrogen (secondary N) is 1. The average molecular weight is 258 g/mol. The average Bonchev–Trinajstić information content (AvgIpc) is 2.38. The summed E-state index contributed by atoms with van der Waals surface area (Å²) < 4.78 is 14.1. The van der Waals surface area contributed by atoms with E-state index in [9.17, 15) is 4.39 Å². The molecule has 1 atom stereocenters. The van der Waals surface area contributed by atoms with Crippen molar-refractivity contribution in [3.05, 3.63) is 64.7 Å². The monoisotopic (exact) mass is 258 g/mol. The third kappa shape index (κ3) is 3.18. The standard InChI is InChI=1S/C16H19FN2/c1-4-18-16(13-7-6-12(3)19-10-13)14-8-5-11(2)9-15(14)17/h5-10,16,18H,4H2,1-3H3. The Kier molecular flexibility index (Phi) is 4.27. The highest BCUT2D eigenvalue weighted by Gasteiger charge is 2.17. The van der Waals surface area contributed by atoms with Gasteiger partial charge in [0, 0.05) is 17.5 Å². The maximum atomic E-state index is 14.1. The molecule has 2 aromatic rings. The van der Waals surface area contributed by atoms with Crippen molar-refractivity contribution < 1.29 is 4.39 Å². The van der Waals surface area contributed by atoms with Crippen LogP contribution in [0.4, 0.5) is 4.39 Å². The van der Waals surface area contributed by atoms with Crippen LogP contribution in [0.2, 0.25) is 0 Å². The summed E-state index contributed by atoms with van der Waals surface area (Å²) in [6.45, 7) is 6.62. The van der Waals surface area contributed by atoms with E-state index >= 15 is 0 Å². The molecule has 1 N–H and O–H groups in total. The van der Waals surface area contributed by atoms with Crippen molar-refractivity contribution in [3.8, 4) is 0 Å². The summed E-state index contributed by atoms with van der Waals surface area (Å²) in [5.74, 6) is -0.175. The summed E-state index contributed by atoms with van der Waals surface area (Å²) in [4.78, 5) is 4.29. The summed E-state index contributed by atoms with van der Waals surface area (Å²) in [7, 11) is 0. The molecular formula is C16H19FN2. The Morgan fingerprint density at radius 3 is 2.58 bits per heavy atom. The quantitative estimate of drug-likeness (QED) is 0.907. The lowest BCUT2D eigenvalue weighted by Gasteiger charge is -2.19. The van der Waals surface area contributed by atoms with E-state index in [1.54, 1.807) is 6.07 Å². The molecule has 0 aliphatic rings. The van der Waals surface area contributed by atoms with Crippen molar-refractivity contribution >= 4 is 0 Å². The fourth-order valence-electron chi connectivity index (χ4n) is 2.13. The van der Waals surface area contributed by atoms with Crippen molar-refractivity contribution in [2.75, 3.05) is 6.54 Å². The molecule has 0 amide bonds. The van der Waals surface area contributed by atoms with Gasteiger partial charge in [0.25, 0.3) is 0 Å². The zero-order valence-corrected chi connectivity index (χ0v) is 11.6. The molecule has 0 fully saturated rings. The van der Waals surface area contributed by atoms with Crippen LogP contribution < -0.4 is 5.32 Å². The Hall–Kier alpha value is -1.74. The Labute approximate surface area is 113 Å². The van der Waals surface area contributed by atoms with Crippen molar-refractivity contribution in [2.45, 2.75) is 26.8 Å². The van der Waals surface area contributed by atoms with Crippen LogP contribution in [0.3, 0.4) is 0 Å². The minimum Gasteiger partial charge on any atom is -0.306 e. The van der Waals surface area contributed by atoms with E-state index in [1.807, 2.05) is 51.2 Å². The molecule has 2 rings (SSSR count). The van der Waals surface area contributed by atoms with E-state index in [2.05, 4.69) is 10.3 Å². The van der Waals surface area contributed by atoms with Crippen molar-refractivity contribution in [1.29, 1.82) is 0 Å². The molecular weight excluding hydrogens is 239 g/mol. The van der Waals surface area contributed by atoms with Crippen molar-refractivity contribution in [1.82, 2.24) is 10.3 Å². The summed E-state index contributed by atoms with van der Waals surface area (Å²) in [6.07, 6.45) is 1.81. The first-order valence-electron chi connectivity index (χ1n) is 6.53. The zero-order chi connectivity index (χ0) is 13.8. The number of hydrogen-bond donors (Lipinski definition) is 1. The highest BCUT2D eigenvalue weighted by atomic mass is 19.1. The molecule has 0 saturated heterocycles. The van der Waals surface area contributed by atoms with Gasteiger partial charge in [-0.05, 0) is 43.7 Å². The fourth-order valence-corrected chi connectivity index (χ4v) is 2.13. The Morgan fingerprint density at radius 1 is 1.21 bits per heavy atom. The Bertz CT molecular complexity index is 549. The van der Waals surface area contributed by atoms with Crippen LogP contribution >= 0.6 is 0 Å². The lowest BCUT2D eigenvalue weighted by Crippen LogP contribution is -2.23. The van der Waals surface area contributed by atoms with Gasteiger partial charge in [-0.1, -0.05) is 25.1 Å². The van der Waals surface area contributed by atoms with Crippen LogP contribution in [-0.4, -0.2) is 11.5 Å². The first-order chi connectivity index (χ1) is 9.11. The van der Waals surface area contributed by atoms with Crippen LogP contribution in [0, 0.1) is 19.7 Å². The number of rotatable bonds is 4. The number of halogens is 1. The van der Waals surface area contributed by atoms with Gasteiger partial charge in [-0.15, -0.1) is 0 Å². The van der Waals surface area contributed by atoms with E-state index in [-0.39, 0.29) is 11.9 Å². The molecule has 3 heteroatoms. The third-order valence-corrected chi connectivity index (χ3v) is 3.14. The maximum Gasteiger partial charge on any atom is 0.128 e. The normalized spacial score (nSPS) is 12.4. The maximum absolute atomic E-state index is 14.1. The molecule has 0 radical (unpaired) electrons. The van der Waals surface area contributed by atoms with Gasteiger partial charge in [-0.25, -0.2) is 4.39 Å². The molecule has 1 heterocycles. The molecule has 19 heavy (non-hydrogen) atoms. The molecule has 0 aliphatic carbocycles. The molecule has 1 aromatic carbocycles. The van der Waals surface area contributed by atoms with Gasteiger partial charge in [-0.2, -0.15) is 0 Å². The molecule has 100 valence electrons. The minimum atomic E-state index is -0.175. The number of pyridine rings is 1. The van der Waals surface area contributed by atoms with E-state index in [4.69, 9.17) is 0 Å². The van der Waals surface area contributed by atoms with Crippen LogP contribution in [0.1, 0.15) is 35.3 Å². The van der Waals surface area contributed by atoms with Crippen molar-refractivity contribution in [3.63, 3.8) is 0 Å². The summed E-state index contributed by atoms with van der Waals surface area (Å²) in [5, 5.41) is 3.31. The molecule has 0 bridgehead atoms. The number of aryl methyl sites for hydroxylation is 2. The highest BCUT2D eigenvalue weighted by Crippen LogP contribution is 2.24. The minimum absolute atomic E-state index is 0.154. The summed E-state index contributed by atoms with van der Waals surface area (Å²) >= 11 is 0. The van der Waals surface area contributed by atoms with Gasteiger partial charge < -0.3 is 5.32 Å². The second-order valence-corrected chi connectivity index (χ2v) is 4.75. The van der Waals surface area contributed by atoms with Crippen molar-refractivity contribution in [2.24, 2.45) is 0 Å². The first-order valence-corrected chi connectivity index (χ1v) is 6.53. The highest BCUT2D eigenvalue weighted by molar-refractivity contribution is 5.33.